The summed E-state index contributed by atoms with van der Waals surface area (Å²) in [5, 5.41) is 2.96. The highest BCUT2D eigenvalue weighted by Gasteiger charge is 2.49. The molecular weight excluding hydrogens is 308 g/mol. The van der Waals surface area contributed by atoms with Crippen molar-refractivity contribution in [2.24, 2.45) is 23.5 Å². The smallest absolute Gasteiger partial charge is 0.308 e. The van der Waals surface area contributed by atoms with E-state index in [1.165, 1.54) is 7.11 Å². The van der Waals surface area contributed by atoms with E-state index >= 15 is 0 Å². The average Bonchev–Trinajstić information content (AvgIpc) is 3.17. The van der Waals surface area contributed by atoms with E-state index in [4.69, 9.17) is 10.5 Å². The number of fused-ring (bicyclic) bond motifs is 2. The Balaban J connectivity index is 1.51. The molecule has 3 N–H and O–H groups in total. The second-order valence-corrected chi connectivity index (χ2v) is 6.62. The van der Waals surface area contributed by atoms with Crippen molar-refractivity contribution in [2.45, 2.75) is 31.7 Å². The molecule has 2 saturated carbocycles. The number of ether oxygens (including phenoxy) is 2. The summed E-state index contributed by atoms with van der Waals surface area (Å²) in [6.07, 6.45) is 3.57. The molecule has 4 atom stereocenters. The molecule has 2 bridgehead atoms. The quantitative estimate of drug-likeness (QED) is 0.777. The van der Waals surface area contributed by atoms with Crippen LogP contribution in [0.15, 0.2) is 24.3 Å². The Labute approximate surface area is 141 Å². The molecule has 0 aliphatic heterocycles. The van der Waals surface area contributed by atoms with Crippen LogP contribution in [0.2, 0.25) is 0 Å². The molecule has 130 valence electrons. The van der Waals surface area contributed by atoms with Crippen LogP contribution in [0.25, 0.3) is 0 Å². The molecule has 2 fully saturated rings. The zero-order chi connectivity index (χ0) is 17.1. The van der Waals surface area contributed by atoms with E-state index < -0.39 is 0 Å². The van der Waals surface area contributed by atoms with Crippen molar-refractivity contribution in [3.05, 3.63) is 24.3 Å². The molecule has 0 spiro atoms. The van der Waals surface area contributed by atoms with Crippen molar-refractivity contribution in [2.75, 3.05) is 19.0 Å². The van der Waals surface area contributed by atoms with Gasteiger partial charge in [-0.3, -0.25) is 9.59 Å². The van der Waals surface area contributed by atoms with E-state index in [1.807, 2.05) is 0 Å². The van der Waals surface area contributed by atoms with Gasteiger partial charge in [-0.25, -0.2) is 0 Å². The van der Waals surface area contributed by atoms with Crippen LogP contribution in [0.1, 0.15) is 25.7 Å². The van der Waals surface area contributed by atoms with Gasteiger partial charge in [0.25, 0.3) is 0 Å². The molecule has 1 aromatic carbocycles. The van der Waals surface area contributed by atoms with Crippen LogP contribution in [-0.2, 0) is 14.3 Å². The largest absolute Gasteiger partial charge is 0.493 e. The predicted octanol–water partition coefficient (Wildman–Crippen LogP) is 1.94. The summed E-state index contributed by atoms with van der Waals surface area (Å²) in [5.41, 5.74) is 6.95. The van der Waals surface area contributed by atoms with Crippen LogP contribution in [0.5, 0.6) is 5.75 Å². The van der Waals surface area contributed by atoms with E-state index in [1.54, 1.807) is 24.3 Å². The number of esters is 1. The first-order valence-electron chi connectivity index (χ1n) is 8.44. The van der Waals surface area contributed by atoms with Crippen LogP contribution in [-0.4, -0.2) is 31.6 Å². The molecule has 3 rings (SSSR count). The average molecular weight is 332 g/mol. The Hall–Kier alpha value is -2.08. The fourth-order valence-electron chi connectivity index (χ4n) is 3.94. The van der Waals surface area contributed by atoms with Gasteiger partial charge in [-0.2, -0.15) is 0 Å². The number of carbonyl (C=O) groups is 2. The number of hydrogen-bond donors (Lipinski definition) is 2. The lowest BCUT2D eigenvalue weighted by molar-refractivity contribution is -0.141. The Morgan fingerprint density at radius 2 is 1.92 bits per heavy atom. The predicted molar refractivity (Wildman–Crippen MR) is 89.5 cm³/mol. The molecule has 4 unspecified atom stereocenters. The van der Waals surface area contributed by atoms with Crippen molar-refractivity contribution >= 4 is 17.6 Å². The topological polar surface area (TPSA) is 90.6 Å². The van der Waals surface area contributed by atoms with Gasteiger partial charge in [0.05, 0.1) is 26.1 Å². The molecular formula is C18H24N2O4. The number of amides is 1. The van der Waals surface area contributed by atoms with E-state index in [0.29, 0.717) is 17.6 Å². The SMILES string of the molecule is COC(=O)CCOc1ccc(NC(=O)C2C3CCC(C3)C2N)cc1. The molecule has 0 aromatic heterocycles. The Bertz CT molecular complexity index is 600. The lowest BCUT2D eigenvalue weighted by Crippen LogP contribution is -2.42. The zero-order valence-corrected chi connectivity index (χ0v) is 13.9. The number of hydrogen-bond acceptors (Lipinski definition) is 5. The molecule has 0 heterocycles. The molecule has 0 saturated heterocycles. The van der Waals surface area contributed by atoms with Crippen LogP contribution in [0.4, 0.5) is 5.69 Å². The molecule has 2 aliphatic rings. The fourth-order valence-corrected chi connectivity index (χ4v) is 3.94. The molecule has 0 radical (unpaired) electrons. The van der Waals surface area contributed by atoms with Gasteiger partial charge < -0.3 is 20.5 Å². The number of carbonyl (C=O) groups excluding carboxylic acids is 2. The Morgan fingerprint density at radius 1 is 1.21 bits per heavy atom. The minimum atomic E-state index is -0.305. The van der Waals surface area contributed by atoms with Gasteiger partial charge in [0.2, 0.25) is 5.91 Å². The lowest BCUT2D eigenvalue weighted by Gasteiger charge is -2.27. The monoisotopic (exact) mass is 332 g/mol. The normalized spacial score (nSPS) is 27.8. The van der Waals surface area contributed by atoms with Gasteiger partial charge >= 0.3 is 5.97 Å². The Kier molecular flexibility index (Phi) is 5.04. The molecule has 6 heteroatoms. The van der Waals surface area contributed by atoms with Gasteiger partial charge in [0.15, 0.2) is 0 Å². The maximum Gasteiger partial charge on any atom is 0.308 e. The maximum absolute atomic E-state index is 12.5. The number of rotatable bonds is 6. The second-order valence-electron chi connectivity index (χ2n) is 6.62. The highest BCUT2D eigenvalue weighted by atomic mass is 16.5. The summed E-state index contributed by atoms with van der Waals surface area (Å²) in [6.45, 7) is 0.262. The van der Waals surface area contributed by atoms with Crippen LogP contribution >= 0.6 is 0 Å². The number of benzene rings is 1. The van der Waals surface area contributed by atoms with Crippen LogP contribution in [0, 0.1) is 17.8 Å². The van der Waals surface area contributed by atoms with E-state index in [2.05, 4.69) is 10.1 Å². The first-order chi connectivity index (χ1) is 11.6. The van der Waals surface area contributed by atoms with Crippen LogP contribution < -0.4 is 15.8 Å². The summed E-state index contributed by atoms with van der Waals surface area (Å²) in [6, 6.07) is 7.12. The molecule has 1 aromatic rings. The van der Waals surface area contributed by atoms with Gasteiger partial charge in [-0.1, -0.05) is 0 Å². The maximum atomic E-state index is 12.5. The zero-order valence-electron chi connectivity index (χ0n) is 13.9. The molecule has 24 heavy (non-hydrogen) atoms. The number of nitrogens with one attached hydrogen (secondary N) is 1. The van der Waals surface area contributed by atoms with Gasteiger partial charge in [0, 0.05) is 11.7 Å². The third kappa shape index (κ3) is 3.53. The number of nitrogens with two attached hydrogens (primary N) is 1. The minimum Gasteiger partial charge on any atom is -0.493 e. The van der Waals surface area contributed by atoms with E-state index in [9.17, 15) is 9.59 Å². The number of methoxy groups -OCH3 is 1. The van der Waals surface area contributed by atoms with Crippen molar-refractivity contribution in [1.82, 2.24) is 0 Å². The Morgan fingerprint density at radius 3 is 2.54 bits per heavy atom. The first kappa shape index (κ1) is 16.8. The van der Waals surface area contributed by atoms with Gasteiger partial charge in [-0.15, -0.1) is 0 Å². The van der Waals surface area contributed by atoms with E-state index in [0.717, 1.165) is 24.9 Å². The van der Waals surface area contributed by atoms with Crippen molar-refractivity contribution < 1.29 is 19.1 Å². The van der Waals surface area contributed by atoms with Crippen molar-refractivity contribution in [1.29, 1.82) is 0 Å². The third-order valence-corrected chi connectivity index (χ3v) is 5.21. The standard InChI is InChI=1S/C18H24N2O4/c1-23-15(21)8-9-24-14-6-4-13(5-7-14)20-18(22)16-11-2-3-12(10-11)17(16)19/h4-7,11-12,16-17H,2-3,8-10,19H2,1H3,(H,20,22). The third-order valence-electron chi connectivity index (χ3n) is 5.21. The summed E-state index contributed by atoms with van der Waals surface area (Å²) in [7, 11) is 1.35. The molecule has 6 nitrogen and oxygen atoms in total. The number of anilines is 1. The highest BCUT2D eigenvalue weighted by Crippen LogP contribution is 2.47. The molecule has 1 amide bonds. The van der Waals surface area contributed by atoms with E-state index in [-0.39, 0.29) is 36.9 Å². The molecule has 2 aliphatic carbocycles. The van der Waals surface area contributed by atoms with Gasteiger partial charge in [-0.05, 0) is 55.4 Å². The summed E-state index contributed by atoms with van der Waals surface area (Å²) >= 11 is 0. The second kappa shape index (κ2) is 7.21. The summed E-state index contributed by atoms with van der Waals surface area (Å²) in [4.78, 5) is 23.5. The van der Waals surface area contributed by atoms with Gasteiger partial charge in [0.1, 0.15) is 5.75 Å². The van der Waals surface area contributed by atoms with Crippen molar-refractivity contribution in [3.8, 4) is 5.75 Å². The minimum absolute atomic E-state index is 0.00956. The summed E-state index contributed by atoms with van der Waals surface area (Å²) < 4.78 is 10.0. The van der Waals surface area contributed by atoms with Crippen molar-refractivity contribution in [3.63, 3.8) is 0 Å². The van der Waals surface area contributed by atoms with Crippen LogP contribution in [0.3, 0.4) is 0 Å². The lowest BCUT2D eigenvalue weighted by atomic mass is 9.84. The fraction of sp³-hybridized carbons (Fsp3) is 0.556. The highest BCUT2D eigenvalue weighted by molar-refractivity contribution is 5.93. The summed E-state index contributed by atoms with van der Waals surface area (Å²) in [5.74, 6) is 1.24. The first-order valence-corrected chi connectivity index (χ1v) is 8.44.